The van der Waals surface area contributed by atoms with Crippen LogP contribution in [0, 0.1) is 6.92 Å². The molecule has 0 heterocycles. The lowest BCUT2D eigenvalue weighted by atomic mass is 9.98. The van der Waals surface area contributed by atoms with E-state index in [4.69, 9.17) is 14.6 Å². The lowest BCUT2D eigenvalue weighted by Gasteiger charge is -2.19. The molecule has 0 spiro atoms. The van der Waals surface area contributed by atoms with Gasteiger partial charge in [-0.1, -0.05) is 56.4 Å². The summed E-state index contributed by atoms with van der Waals surface area (Å²) >= 11 is 0. The molecule has 2 rings (SSSR count). The number of Topliss-reactive ketones (excluding diaryl/α,β-unsaturated/α-hetero) is 1. The third-order valence-corrected chi connectivity index (χ3v) is 6.04. The Morgan fingerprint density at radius 3 is 2.57 bits per heavy atom. The molecule has 0 aromatic heterocycles. The second-order valence-corrected chi connectivity index (χ2v) is 9.22. The van der Waals surface area contributed by atoms with Gasteiger partial charge in [0.2, 0.25) is 0 Å². The van der Waals surface area contributed by atoms with Crippen molar-refractivity contribution < 1.29 is 24.2 Å². The average Bonchev–Trinajstić information content (AvgIpc) is 2.87. The molecule has 198 valence electrons. The van der Waals surface area contributed by atoms with Crippen molar-refractivity contribution >= 4 is 11.8 Å². The highest BCUT2D eigenvalue weighted by molar-refractivity contribution is 6.11. The van der Waals surface area contributed by atoms with Crippen molar-refractivity contribution in [1.29, 1.82) is 0 Å². The summed E-state index contributed by atoms with van der Waals surface area (Å²) in [5.74, 6) is 0.348. The Morgan fingerprint density at radius 1 is 1.11 bits per heavy atom. The van der Waals surface area contributed by atoms with Crippen LogP contribution in [0.1, 0.15) is 73.5 Å². The number of hydrogen-bond acceptors (Lipinski definition) is 4. The van der Waals surface area contributed by atoms with E-state index in [-0.39, 0.29) is 18.3 Å². The molecule has 1 atom stereocenters. The van der Waals surface area contributed by atoms with Crippen LogP contribution in [0.2, 0.25) is 0 Å². The molecule has 0 bridgehead atoms. The molecule has 0 radical (unpaired) electrons. The van der Waals surface area contributed by atoms with E-state index >= 15 is 0 Å². The summed E-state index contributed by atoms with van der Waals surface area (Å²) in [6, 6.07) is 11.6. The fourth-order valence-electron chi connectivity index (χ4n) is 3.82. The molecule has 1 unspecified atom stereocenters. The summed E-state index contributed by atoms with van der Waals surface area (Å²) in [6.07, 6.45) is 11.4. The van der Waals surface area contributed by atoms with Gasteiger partial charge in [-0.3, -0.25) is 9.59 Å². The maximum Gasteiger partial charge on any atom is 0.303 e. The van der Waals surface area contributed by atoms with Gasteiger partial charge in [0.05, 0.1) is 18.3 Å². The van der Waals surface area contributed by atoms with Gasteiger partial charge in [-0.25, -0.2) is 0 Å². The highest BCUT2D eigenvalue weighted by Gasteiger charge is 2.17. The van der Waals surface area contributed by atoms with E-state index in [9.17, 15) is 9.59 Å². The zero-order valence-corrected chi connectivity index (χ0v) is 22.6. The number of carboxylic acid groups (broad SMARTS) is 1. The number of aryl methyl sites for hydroxylation is 3. The van der Waals surface area contributed by atoms with Crippen LogP contribution in [0.3, 0.4) is 0 Å². The summed E-state index contributed by atoms with van der Waals surface area (Å²) in [5, 5.41) is 8.90. The first-order chi connectivity index (χ1) is 17.7. The quantitative estimate of drug-likeness (QED) is 0.146. The van der Waals surface area contributed by atoms with Crippen LogP contribution in [0.15, 0.2) is 72.9 Å². The smallest absolute Gasteiger partial charge is 0.303 e. The van der Waals surface area contributed by atoms with E-state index in [0.717, 1.165) is 41.7 Å². The van der Waals surface area contributed by atoms with Gasteiger partial charge in [0.25, 0.3) is 0 Å². The molecule has 0 aliphatic heterocycles. The van der Waals surface area contributed by atoms with Gasteiger partial charge in [0.15, 0.2) is 5.78 Å². The molecular weight excluding hydrogens is 464 g/mol. The van der Waals surface area contributed by atoms with Gasteiger partial charge < -0.3 is 14.6 Å². The minimum atomic E-state index is -0.802. The SMILES string of the molecule is C=C(/C=C\C=C/C)C(=O)c1cc(CCCC)ccc1OC(C)CCOc1ccc(CCC(=O)O)c(C)c1. The molecule has 0 aliphatic rings. The molecule has 5 nitrogen and oxygen atoms in total. The van der Waals surface area contributed by atoms with Crippen molar-refractivity contribution in [2.45, 2.75) is 72.3 Å². The van der Waals surface area contributed by atoms with Crippen molar-refractivity contribution in [3.05, 3.63) is 95.1 Å². The van der Waals surface area contributed by atoms with Crippen molar-refractivity contribution in [3.8, 4) is 11.5 Å². The number of ether oxygens (including phenoxy) is 2. The summed E-state index contributed by atoms with van der Waals surface area (Å²) in [4.78, 5) is 24.0. The number of allylic oxidation sites excluding steroid dienone is 5. The predicted octanol–water partition coefficient (Wildman–Crippen LogP) is 7.46. The molecular formula is C32H40O5. The molecule has 0 fully saturated rings. The summed E-state index contributed by atoms with van der Waals surface area (Å²) in [7, 11) is 0. The molecule has 2 aromatic carbocycles. The number of ketones is 1. The van der Waals surface area contributed by atoms with E-state index < -0.39 is 5.97 Å². The topological polar surface area (TPSA) is 72.8 Å². The van der Waals surface area contributed by atoms with Crippen molar-refractivity contribution in [2.75, 3.05) is 6.61 Å². The first kappa shape index (κ1) is 29.6. The summed E-state index contributed by atoms with van der Waals surface area (Å²) in [6.45, 7) is 12.4. The van der Waals surface area contributed by atoms with Crippen LogP contribution in [-0.2, 0) is 17.6 Å². The van der Waals surface area contributed by atoms with Crippen LogP contribution in [-0.4, -0.2) is 29.6 Å². The second kappa shape index (κ2) is 15.5. The molecule has 0 amide bonds. The number of aliphatic carboxylic acids is 1. The highest BCUT2D eigenvalue weighted by Crippen LogP contribution is 2.26. The fraction of sp³-hybridized carbons (Fsp3) is 0.375. The Balaban J connectivity index is 2.04. The number of hydrogen-bond donors (Lipinski definition) is 1. The molecule has 0 saturated heterocycles. The first-order valence-electron chi connectivity index (χ1n) is 13.0. The zero-order valence-electron chi connectivity index (χ0n) is 22.6. The Kier molecular flexibility index (Phi) is 12.4. The van der Waals surface area contributed by atoms with E-state index in [1.807, 2.05) is 75.4 Å². The van der Waals surface area contributed by atoms with Crippen LogP contribution in [0.5, 0.6) is 11.5 Å². The second-order valence-electron chi connectivity index (χ2n) is 9.22. The Bertz CT molecular complexity index is 1130. The van der Waals surface area contributed by atoms with Crippen LogP contribution >= 0.6 is 0 Å². The first-order valence-corrected chi connectivity index (χ1v) is 13.0. The van der Waals surface area contributed by atoms with Crippen molar-refractivity contribution in [2.24, 2.45) is 0 Å². The maximum absolute atomic E-state index is 13.2. The minimum Gasteiger partial charge on any atom is -0.493 e. The minimum absolute atomic E-state index is 0.111. The maximum atomic E-state index is 13.2. The lowest BCUT2D eigenvalue weighted by molar-refractivity contribution is -0.136. The molecule has 1 N–H and O–H groups in total. The van der Waals surface area contributed by atoms with Gasteiger partial charge in [0.1, 0.15) is 11.5 Å². The third kappa shape index (κ3) is 10.1. The molecule has 37 heavy (non-hydrogen) atoms. The number of benzene rings is 2. The monoisotopic (exact) mass is 504 g/mol. The number of rotatable bonds is 16. The van der Waals surface area contributed by atoms with Gasteiger partial charge in [0, 0.05) is 18.4 Å². The molecule has 0 aliphatic carbocycles. The van der Waals surface area contributed by atoms with Gasteiger partial charge in [-0.05, 0) is 81.0 Å². The lowest BCUT2D eigenvalue weighted by Crippen LogP contribution is -2.18. The molecule has 0 saturated carbocycles. The zero-order chi connectivity index (χ0) is 27.2. The standard InChI is InChI=1S/C32H40O5/c1-6-8-10-11-23(3)32(35)29-22-26(12-9-7-2)13-17-30(29)37-25(5)19-20-36-28-16-14-27(24(4)21-28)15-18-31(33)34/h6,8,10-11,13-14,16-17,21-22,25H,3,7,9,12,15,18-20H2,1-2,4-5H3,(H,33,34)/b8-6-,11-10-. The van der Waals surface area contributed by atoms with Gasteiger partial charge in [-0.15, -0.1) is 0 Å². The number of carbonyl (C=O) groups excluding carboxylic acids is 1. The largest absolute Gasteiger partial charge is 0.493 e. The van der Waals surface area contributed by atoms with E-state index in [0.29, 0.717) is 36.3 Å². The predicted molar refractivity (Wildman–Crippen MR) is 150 cm³/mol. The number of carbonyl (C=O) groups is 2. The third-order valence-electron chi connectivity index (χ3n) is 6.04. The van der Waals surface area contributed by atoms with E-state index in [1.165, 1.54) is 0 Å². The molecule has 2 aromatic rings. The van der Waals surface area contributed by atoms with Crippen LogP contribution < -0.4 is 9.47 Å². The van der Waals surface area contributed by atoms with E-state index in [1.54, 1.807) is 6.08 Å². The van der Waals surface area contributed by atoms with Crippen molar-refractivity contribution in [1.82, 2.24) is 0 Å². The fourth-order valence-corrected chi connectivity index (χ4v) is 3.82. The average molecular weight is 505 g/mol. The summed E-state index contributed by atoms with van der Waals surface area (Å²) in [5.41, 5.74) is 4.07. The molecule has 5 heteroatoms. The van der Waals surface area contributed by atoms with Gasteiger partial charge >= 0.3 is 5.97 Å². The van der Waals surface area contributed by atoms with Crippen LogP contribution in [0.4, 0.5) is 0 Å². The van der Waals surface area contributed by atoms with Crippen LogP contribution in [0.25, 0.3) is 0 Å². The Labute approximate surface area is 221 Å². The normalized spacial score (nSPS) is 12.1. The van der Waals surface area contributed by atoms with E-state index in [2.05, 4.69) is 13.5 Å². The highest BCUT2D eigenvalue weighted by atomic mass is 16.5. The number of unbranched alkanes of at least 4 members (excludes halogenated alkanes) is 1. The summed E-state index contributed by atoms with van der Waals surface area (Å²) < 4.78 is 12.1. The Hall–Kier alpha value is -3.60. The van der Waals surface area contributed by atoms with Gasteiger partial charge in [-0.2, -0.15) is 0 Å². The Morgan fingerprint density at radius 2 is 1.89 bits per heavy atom. The number of carboxylic acids is 1. The van der Waals surface area contributed by atoms with Crippen molar-refractivity contribution in [3.63, 3.8) is 0 Å².